The summed E-state index contributed by atoms with van der Waals surface area (Å²) in [6.45, 7) is 2.88. The van der Waals surface area contributed by atoms with Gasteiger partial charge in [0.05, 0.1) is 12.8 Å². The Labute approximate surface area is 163 Å². The van der Waals surface area contributed by atoms with E-state index in [1.807, 2.05) is 6.07 Å². The topological polar surface area (TPSA) is 88.9 Å². The Morgan fingerprint density at radius 3 is 2.46 bits per heavy atom. The Kier molecular flexibility index (Phi) is 6.47. The third kappa shape index (κ3) is 5.22. The van der Waals surface area contributed by atoms with Gasteiger partial charge >= 0.3 is 0 Å². The molecule has 1 saturated heterocycles. The smallest absolute Gasteiger partial charge is 0.260 e. The largest absolute Gasteiger partial charge is 0.484 e. The van der Waals surface area contributed by atoms with Crippen molar-refractivity contribution in [1.82, 2.24) is 10.2 Å². The third-order valence-electron chi connectivity index (χ3n) is 4.86. The Hall–Kier alpha value is -3.09. The van der Waals surface area contributed by atoms with Crippen molar-refractivity contribution in [3.8, 4) is 5.75 Å². The number of likely N-dealkylation sites (tertiary alicyclic amines) is 1. The van der Waals surface area contributed by atoms with Crippen LogP contribution in [0.25, 0.3) is 0 Å². The fraction of sp³-hybridized carbons (Fsp3) is 0.381. The van der Waals surface area contributed by atoms with E-state index in [0.717, 1.165) is 5.76 Å². The highest BCUT2D eigenvalue weighted by atomic mass is 16.5. The van der Waals surface area contributed by atoms with Crippen LogP contribution in [0, 0.1) is 5.92 Å². The molecule has 1 N–H and O–H groups in total. The summed E-state index contributed by atoms with van der Waals surface area (Å²) in [4.78, 5) is 37.6. The van der Waals surface area contributed by atoms with E-state index in [4.69, 9.17) is 9.15 Å². The van der Waals surface area contributed by atoms with Gasteiger partial charge in [0, 0.05) is 24.6 Å². The highest BCUT2D eigenvalue weighted by Crippen LogP contribution is 2.18. The molecule has 0 bridgehead atoms. The van der Waals surface area contributed by atoms with Gasteiger partial charge in [-0.1, -0.05) is 0 Å². The fourth-order valence-corrected chi connectivity index (χ4v) is 3.15. The lowest BCUT2D eigenvalue weighted by molar-refractivity contribution is -0.137. The van der Waals surface area contributed by atoms with E-state index in [1.54, 1.807) is 41.5 Å². The van der Waals surface area contributed by atoms with Crippen LogP contribution >= 0.6 is 0 Å². The van der Waals surface area contributed by atoms with E-state index in [-0.39, 0.29) is 30.1 Å². The minimum atomic E-state index is -0.106. The number of carbonyl (C=O) groups is 3. The maximum Gasteiger partial charge on any atom is 0.260 e. The van der Waals surface area contributed by atoms with Gasteiger partial charge in [0.25, 0.3) is 5.91 Å². The van der Waals surface area contributed by atoms with Crippen LogP contribution in [0.4, 0.5) is 0 Å². The van der Waals surface area contributed by atoms with Crippen LogP contribution in [0.1, 0.15) is 35.9 Å². The van der Waals surface area contributed by atoms with Crippen molar-refractivity contribution < 1.29 is 23.5 Å². The fourth-order valence-electron chi connectivity index (χ4n) is 3.15. The minimum Gasteiger partial charge on any atom is -0.484 e. The molecule has 28 heavy (non-hydrogen) atoms. The number of nitrogens with zero attached hydrogens (tertiary/aromatic N) is 1. The van der Waals surface area contributed by atoms with E-state index in [9.17, 15) is 14.4 Å². The number of hydrogen-bond acceptors (Lipinski definition) is 5. The standard InChI is InChI=1S/C21H24N2O5/c1-15(24)16-4-6-18(7-5-16)28-14-20(25)23-10-8-17(9-11-23)21(26)22-13-19-3-2-12-27-19/h2-7,12,17H,8-11,13-14H2,1H3,(H,22,26). The van der Waals surface area contributed by atoms with E-state index in [2.05, 4.69) is 5.32 Å². The van der Waals surface area contributed by atoms with Crippen molar-refractivity contribution in [3.05, 3.63) is 54.0 Å². The quantitative estimate of drug-likeness (QED) is 0.741. The molecule has 1 aromatic carbocycles. The zero-order chi connectivity index (χ0) is 19.9. The lowest BCUT2D eigenvalue weighted by Crippen LogP contribution is -2.44. The number of Topliss-reactive ketones (excluding diaryl/α,β-unsaturated/α-hetero) is 1. The molecule has 0 spiro atoms. The van der Waals surface area contributed by atoms with Crippen LogP contribution in [-0.2, 0) is 16.1 Å². The molecule has 148 valence electrons. The number of ketones is 1. The van der Waals surface area contributed by atoms with Crippen molar-refractivity contribution in [2.24, 2.45) is 5.92 Å². The predicted molar refractivity (Wildman–Crippen MR) is 102 cm³/mol. The summed E-state index contributed by atoms with van der Waals surface area (Å²) in [5.74, 6) is 1.04. The first-order chi connectivity index (χ1) is 13.5. The molecule has 0 radical (unpaired) electrons. The van der Waals surface area contributed by atoms with Crippen molar-refractivity contribution in [1.29, 1.82) is 0 Å². The molecule has 1 aliphatic rings. The second-order valence-corrected chi connectivity index (χ2v) is 6.82. The highest BCUT2D eigenvalue weighted by molar-refractivity contribution is 5.94. The van der Waals surface area contributed by atoms with Crippen LogP contribution in [0.3, 0.4) is 0 Å². The van der Waals surface area contributed by atoms with Gasteiger partial charge in [-0.25, -0.2) is 0 Å². The van der Waals surface area contributed by atoms with Gasteiger partial charge < -0.3 is 19.4 Å². The lowest BCUT2D eigenvalue weighted by Gasteiger charge is -2.31. The Bertz CT molecular complexity index is 806. The molecule has 0 saturated carbocycles. The van der Waals surface area contributed by atoms with Gasteiger partial charge in [-0.15, -0.1) is 0 Å². The molecule has 0 unspecified atom stereocenters. The maximum atomic E-state index is 12.3. The average Bonchev–Trinajstić information content (AvgIpc) is 3.24. The monoisotopic (exact) mass is 384 g/mol. The predicted octanol–water partition coefficient (Wildman–Crippen LogP) is 2.42. The van der Waals surface area contributed by atoms with Gasteiger partial charge in [0.1, 0.15) is 11.5 Å². The molecule has 1 fully saturated rings. The summed E-state index contributed by atoms with van der Waals surface area (Å²) in [6, 6.07) is 10.3. The summed E-state index contributed by atoms with van der Waals surface area (Å²) in [5.41, 5.74) is 0.603. The number of rotatable bonds is 7. The number of piperidine rings is 1. The Morgan fingerprint density at radius 1 is 1.14 bits per heavy atom. The molecule has 0 atom stereocenters. The number of nitrogens with one attached hydrogen (secondary N) is 1. The van der Waals surface area contributed by atoms with E-state index >= 15 is 0 Å². The maximum absolute atomic E-state index is 12.3. The van der Waals surface area contributed by atoms with Gasteiger partial charge in [0.15, 0.2) is 12.4 Å². The molecule has 0 aliphatic carbocycles. The van der Waals surface area contributed by atoms with Gasteiger partial charge in [0.2, 0.25) is 5.91 Å². The van der Waals surface area contributed by atoms with Crippen molar-refractivity contribution >= 4 is 17.6 Å². The number of carbonyl (C=O) groups excluding carboxylic acids is 3. The molecule has 1 aromatic heterocycles. The molecule has 7 nitrogen and oxygen atoms in total. The van der Waals surface area contributed by atoms with E-state index in [1.165, 1.54) is 6.92 Å². The van der Waals surface area contributed by atoms with Crippen LogP contribution in [-0.4, -0.2) is 42.2 Å². The van der Waals surface area contributed by atoms with E-state index < -0.39 is 0 Å². The summed E-state index contributed by atoms with van der Waals surface area (Å²) in [7, 11) is 0. The summed E-state index contributed by atoms with van der Waals surface area (Å²) in [5, 5.41) is 2.87. The zero-order valence-corrected chi connectivity index (χ0v) is 15.8. The van der Waals surface area contributed by atoms with Crippen LogP contribution in [0.2, 0.25) is 0 Å². The lowest BCUT2D eigenvalue weighted by atomic mass is 9.96. The first kappa shape index (κ1) is 19.7. The number of amides is 2. The van der Waals surface area contributed by atoms with Gasteiger partial charge in [-0.2, -0.15) is 0 Å². The number of ether oxygens (including phenoxy) is 1. The zero-order valence-electron chi connectivity index (χ0n) is 15.8. The number of benzene rings is 1. The molecule has 2 heterocycles. The van der Waals surface area contributed by atoms with Crippen molar-refractivity contribution in [3.63, 3.8) is 0 Å². The molecule has 7 heteroatoms. The summed E-state index contributed by atoms with van der Waals surface area (Å²) in [6.07, 6.45) is 2.83. The van der Waals surface area contributed by atoms with Crippen LogP contribution < -0.4 is 10.1 Å². The van der Waals surface area contributed by atoms with E-state index in [0.29, 0.717) is 43.8 Å². The first-order valence-corrected chi connectivity index (χ1v) is 9.34. The van der Waals surface area contributed by atoms with Gasteiger partial charge in [-0.3, -0.25) is 14.4 Å². The first-order valence-electron chi connectivity index (χ1n) is 9.34. The second-order valence-electron chi connectivity index (χ2n) is 6.82. The van der Waals surface area contributed by atoms with Crippen LogP contribution in [0.15, 0.2) is 47.1 Å². The highest BCUT2D eigenvalue weighted by Gasteiger charge is 2.27. The number of hydrogen-bond donors (Lipinski definition) is 1. The van der Waals surface area contributed by atoms with Gasteiger partial charge in [-0.05, 0) is 56.2 Å². The van der Waals surface area contributed by atoms with Crippen LogP contribution in [0.5, 0.6) is 5.75 Å². The normalized spacial score (nSPS) is 14.5. The number of furan rings is 1. The Balaban J connectivity index is 1.39. The van der Waals surface area contributed by atoms with Crippen molar-refractivity contribution in [2.45, 2.75) is 26.3 Å². The Morgan fingerprint density at radius 2 is 1.86 bits per heavy atom. The molecular weight excluding hydrogens is 360 g/mol. The summed E-state index contributed by atoms with van der Waals surface area (Å²) < 4.78 is 10.7. The SMILES string of the molecule is CC(=O)c1ccc(OCC(=O)N2CCC(C(=O)NCc3ccco3)CC2)cc1. The molecule has 2 amide bonds. The molecule has 2 aromatic rings. The third-order valence-corrected chi connectivity index (χ3v) is 4.86. The second kappa shape index (κ2) is 9.21. The summed E-state index contributed by atoms with van der Waals surface area (Å²) >= 11 is 0. The molecule has 3 rings (SSSR count). The average molecular weight is 384 g/mol. The molecular formula is C21H24N2O5. The molecule has 1 aliphatic heterocycles. The van der Waals surface area contributed by atoms with Crippen molar-refractivity contribution in [2.75, 3.05) is 19.7 Å². The minimum absolute atomic E-state index is 0.00897.